The fraction of sp³-hybridized carbons (Fsp3) is 0.435. The van der Waals surface area contributed by atoms with Gasteiger partial charge in [-0.05, 0) is 155 Å². The van der Waals surface area contributed by atoms with Crippen LogP contribution in [0.25, 0.3) is 0 Å². The van der Waals surface area contributed by atoms with Crippen LogP contribution in [0.15, 0.2) is 72.8 Å². The number of hydrogen-bond acceptors (Lipinski definition) is 11. The SMILES string of the molecule is N[C@@H](Cc1cc(F)cc(F)c1)[C@H](O)CN[C@H]1CCOc2ccc(I)cc21.O=C(N[C@@H](Cc1cc(F)cc(F)c1)[C@H](O)CN[C@H]1CCOc2ccc(I)cc21)C1(O)CC1.O=C(O)C1(O)CC1. The molecule has 19 heteroatoms. The Hall–Kier alpha value is -3.68. The highest BCUT2D eigenvalue weighted by atomic mass is 127. The average molecular weight is 1130 g/mol. The van der Waals surface area contributed by atoms with Crippen LogP contribution in [0.3, 0.4) is 0 Å². The summed E-state index contributed by atoms with van der Waals surface area (Å²) in [7, 11) is 0. The second-order valence-corrected chi connectivity index (χ2v) is 19.3. The molecule has 10 N–H and O–H groups in total. The molecule has 6 atom stereocenters. The largest absolute Gasteiger partial charge is 0.493 e. The van der Waals surface area contributed by atoms with Gasteiger partial charge in [-0.25, -0.2) is 22.4 Å². The van der Waals surface area contributed by atoms with Crippen molar-refractivity contribution in [3.05, 3.63) is 125 Å². The summed E-state index contributed by atoms with van der Waals surface area (Å²) in [5.41, 5.74) is 6.07. The van der Waals surface area contributed by atoms with Crippen molar-refractivity contribution in [2.45, 2.75) is 98.9 Å². The molecule has 13 nitrogen and oxygen atoms in total. The van der Waals surface area contributed by atoms with Crippen molar-refractivity contribution in [2.75, 3.05) is 26.3 Å². The summed E-state index contributed by atoms with van der Waals surface area (Å²) in [6, 6.07) is 16.9. The molecule has 0 unspecified atom stereocenters. The molecule has 4 aromatic carbocycles. The lowest BCUT2D eigenvalue weighted by atomic mass is 9.98. The number of rotatable bonds is 15. The number of aliphatic hydroxyl groups excluding tert-OH is 2. The van der Waals surface area contributed by atoms with Crippen molar-refractivity contribution in [3.8, 4) is 11.5 Å². The minimum Gasteiger partial charge on any atom is -0.493 e. The summed E-state index contributed by atoms with van der Waals surface area (Å²) >= 11 is 4.48. The van der Waals surface area contributed by atoms with Gasteiger partial charge in [0, 0.05) is 74.5 Å². The number of aliphatic carboxylic acids is 1. The molecule has 65 heavy (non-hydrogen) atoms. The Morgan fingerprint density at radius 1 is 0.677 bits per heavy atom. The van der Waals surface area contributed by atoms with E-state index in [9.17, 15) is 42.5 Å². The van der Waals surface area contributed by atoms with Gasteiger partial charge >= 0.3 is 5.97 Å². The first-order chi connectivity index (χ1) is 30.8. The molecule has 0 radical (unpaired) electrons. The van der Waals surface area contributed by atoms with Crippen LogP contribution < -0.4 is 31.2 Å². The van der Waals surface area contributed by atoms with E-state index in [1.54, 1.807) is 0 Å². The normalized spacial score (nSPS) is 20.2. The molecule has 2 aliphatic carbocycles. The van der Waals surface area contributed by atoms with Gasteiger partial charge in [0.15, 0.2) is 5.60 Å². The molecule has 4 aromatic rings. The van der Waals surface area contributed by atoms with E-state index < -0.39 is 70.6 Å². The van der Waals surface area contributed by atoms with Crippen LogP contribution in [0.5, 0.6) is 11.5 Å². The highest BCUT2D eigenvalue weighted by Crippen LogP contribution is 2.37. The first kappa shape index (κ1) is 50.7. The number of carboxylic acid groups (broad SMARTS) is 1. The Morgan fingerprint density at radius 3 is 1.52 bits per heavy atom. The molecule has 2 fully saturated rings. The van der Waals surface area contributed by atoms with Gasteiger partial charge in [-0.1, -0.05) is 0 Å². The maximum absolute atomic E-state index is 13.7. The van der Waals surface area contributed by atoms with Crippen molar-refractivity contribution < 1.29 is 62.2 Å². The summed E-state index contributed by atoms with van der Waals surface area (Å²) in [5, 5.41) is 57.3. The molecule has 0 spiro atoms. The van der Waals surface area contributed by atoms with Gasteiger partial charge in [0.25, 0.3) is 5.91 Å². The van der Waals surface area contributed by atoms with Gasteiger partial charge in [0.2, 0.25) is 0 Å². The molecule has 0 bridgehead atoms. The number of hydrogen-bond donors (Lipinski definition) is 9. The number of fused-ring (bicyclic) bond motifs is 2. The number of halogens is 6. The summed E-state index contributed by atoms with van der Waals surface area (Å²) in [4.78, 5) is 22.2. The van der Waals surface area contributed by atoms with Gasteiger partial charge in [0.1, 0.15) is 40.4 Å². The minimum absolute atomic E-state index is 0.0155. The van der Waals surface area contributed by atoms with Gasteiger partial charge in [0.05, 0.1) is 31.5 Å². The van der Waals surface area contributed by atoms with Crippen LogP contribution in [0, 0.1) is 30.4 Å². The van der Waals surface area contributed by atoms with Crippen LogP contribution >= 0.6 is 45.2 Å². The van der Waals surface area contributed by atoms with Crippen LogP contribution in [0.4, 0.5) is 17.6 Å². The van der Waals surface area contributed by atoms with Crippen LogP contribution in [-0.4, -0.2) is 99.2 Å². The zero-order valence-electron chi connectivity index (χ0n) is 35.1. The predicted molar refractivity (Wildman–Crippen MR) is 248 cm³/mol. The first-order valence-corrected chi connectivity index (χ1v) is 23.3. The molecule has 0 saturated heterocycles. The number of ether oxygens (including phenoxy) is 2. The average Bonchev–Trinajstić information content (AvgIpc) is 4.19. The second-order valence-electron chi connectivity index (χ2n) is 16.8. The smallest absolute Gasteiger partial charge is 0.335 e. The van der Waals surface area contributed by atoms with Crippen molar-refractivity contribution in [1.82, 2.24) is 16.0 Å². The van der Waals surface area contributed by atoms with E-state index in [-0.39, 0.29) is 38.0 Å². The lowest BCUT2D eigenvalue weighted by molar-refractivity contribution is -0.149. The molecule has 352 valence electrons. The van der Waals surface area contributed by atoms with Gasteiger partial charge in [-0.15, -0.1) is 0 Å². The fourth-order valence-electron chi connectivity index (χ4n) is 7.36. The lowest BCUT2D eigenvalue weighted by Crippen LogP contribution is -2.52. The molecule has 1 amide bonds. The van der Waals surface area contributed by atoms with Crippen molar-refractivity contribution in [2.24, 2.45) is 5.73 Å². The fourth-order valence-corrected chi connectivity index (χ4v) is 8.39. The number of carboxylic acids is 1. The monoisotopic (exact) mass is 1130 g/mol. The van der Waals surface area contributed by atoms with Crippen LogP contribution in [0.1, 0.15) is 72.9 Å². The van der Waals surface area contributed by atoms with Gasteiger partial charge in [-0.3, -0.25) is 4.79 Å². The van der Waals surface area contributed by atoms with Crippen molar-refractivity contribution in [1.29, 1.82) is 0 Å². The Morgan fingerprint density at radius 2 is 1.11 bits per heavy atom. The summed E-state index contributed by atoms with van der Waals surface area (Å²) in [6.07, 6.45) is 1.37. The quantitative estimate of drug-likeness (QED) is 0.0562. The zero-order valence-corrected chi connectivity index (χ0v) is 39.4. The molecular weight excluding hydrogens is 1080 g/mol. The van der Waals surface area contributed by atoms with Crippen LogP contribution in [-0.2, 0) is 22.4 Å². The molecule has 4 aliphatic rings. The Bertz CT molecular complexity index is 2270. The van der Waals surface area contributed by atoms with E-state index in [1.165, 1.54) is 24.3 Å². The van der Waals surface area contributed by atoms with Crippen LogP contribution in [0.2, 0.25) is 0 Å². The second kappa shape index (κ2) is 22.4. The number of nitrogens with one attached hydrogen (secondary N) is 3. The Kier molecular flexibility index (Phi) is 17.5. The third kappa shape index (κ3) is 14.7. The lowest BCUT2D eigenvalue weighted by Gasteiger charge is -2.30. The van der Waals surface area contributed by atoms with E-state index in [4.69, 9.17) is 25.4 Å². The topological polar surface area (TPSA) is 216 Å². The third-order valence-corrected chi connectivity index (χ3v) is 12.8. The van der Waals surface area contributed by atoms with E-state index in [2.05, 4.69) is 67.2 Å². The zero-order chi connectivity index (χ0) is 47.1. The van der Waals surface area contributed by atoms with Crippen molar-refractivity contribution in [3.63, 3.8) is 0 Å². The molecule has 2 saturated carbocycles. The number of aliphatic hydroxyl groups is 4. The standard InChI is InChI=1S/C23H25F2IN2O4.C19H21F2IN2O2.C4H6O3/c24-14-7-13(8-15(25)10-14)9-19(28-22(30)23(31)4-5-23)20(29)12-27-18-3-6-32-21-2-1-16(26)11-17(18)21;20-12-5-11(6-13(21)8-12)7-16(23)18(25)10-24-17-3-4-26-19-2-1-14(22)9-15(17)19;5-3(6)4(7)1-2-4/h1-2,7-8,10-11,18-20,27,29,31H,3-6,9,12H2,(H,28,30);1-2,5-6,8-9,16-18,24-25H,3-4,7,10,23H2;7H,1-2H2,(H,5,6)/t18-,19-,20+;16-,17-,18+;/m00./s1. The molecular formula is C46H52F4I2N4O9. The highest BCUT2D eigenvalue weighted by Gasteiger charge is 2.49. The van der Waals surface area contributed by atoms with Crippen molar-refractivity contribution >= 4 is 57.1 Å². The molecule has 0 aromatic heterocycles. The molecule has 2 aliphatic heterocycles. The summed E-state index contributed by atoms with van der Waals surface area (Å²) < 4.78 is 67.4. The third-order valence-electron chi connectivity index (χ3n) is 11.5. The maximum Gasteiger partial charge on any atom is 0.335 e. The van der Waals surface area contributed by atoms with E-state index >= 15 is 0 Å². The minimum atomic E-state index is -1.42. The Balaban J connectivity index is 0.000000190. The predicted octanol–water partition coefficient (Wildman–Crippen LogP) is 5.11. The highest BCUT2D eigenvalue weighted by molar-refractivity contribution is 14.1. The maximum atomic E-state index is 13.7. The van der Waals surface area contributed by atoms with E-state index in [1.807, 2.05) is 30.3 Å². The Labute approximate surface area is 400 Å². The number of benzene rings is 4. The van der Waals surface area contributed by atoms with Gasteiger partial charge < -0.3 is 56.7 Å². The summed E-state index contributed by atoms with van der Waals surface area (Å²) in [5.74, 6) is -2.78. The molecule has 8 rings (SSSR count). The number of amides is 1. The first-order valence-electron chi connectivity index (χ1n) is 21.1. The summed E-state index contributed by atoms with van der Waals surface area (Å²) in [6.45, 7) is 1.57. The van der Waals surface area contributed by atoms with E-state index in [0.29, 0.717) is 56.4 Å². The number of carbonyl (C=O) groups is 2. The van der Waals surface area contributed by atoms with E-state index in [0.717, 1.165) is 48.3 Å². The number of nitrogens with two attached hydrogens (primary N) is 1. The molecule has 2 heterocycles. The number of carbonyl (C=O) groups excluding carboxylic acids is 1. The van der Waals surface area contributed by atoms with Gasteiger partial charge in [-0.2, -0.15) is 0 Å².